The lowest BCUT2D eigenvalue weighted by atomic mass is 9.96. The second-order valence-electron chi connectivity index (χ2n) is 4.85. The standard InChI is InChI=1S/C17H18O2/c1-11-5-7-14(8-6-11)17(18)16-13(3)9-12(2)10-15(16)19-4/h5-10H,1-4H3. The topological polar surface area (TPSA) is 26.3 Å². The molecule has 0 heterocycles. The molecular formula is C17H18O2. The number of rotatable bonds is 3. The number of methoxy groups -OCH3 is 1. The minimum absolute atomic E-state index is 0.00866. The van der Waals surface area contributed by atoms with Gasteiger partial charge in [-0.15, -0.1) is 0 Å². The van der Waals surface area contributed by atoms with Gasteiger partial charge in [0.25, 0.3) is 0 Å². The van der Waals surface area contributed by atoms with E-state index in [1.165, 1.54) is 0 Å². The van der Waals surface area contributed by atoms with Gasteiger partial charge in [0.2, 0.25) is 0 Å². The molecule has 98 valence electrons. The summed E-state index contributed by atoms with van der Waals surface area (Å²) in [4.78, 5) is 12.6. The minimum Gasteiger partial charge on any atom is -0.496 e. The summed E-state index contributed by atoms with van der Waals surface area (Å²) in [6.45, 7) is 5.94. The Kier molecular flexibility index (Phi) is 3.70. The van der Waals surface area contributed by atoms with Crippen LogP contribution in [0.5, 0.6) is 5.75 Å². The lowest BCUT2D eigenvalue weighted by Gasteiger charge is -2.12. The molecule has 0 unspecified atom stereocenters. The van der Waals surface area contributed by atoms with Gasteiger partial charge < -0.3 is 4.74 Å². The maximum atomic E-state index is 12.6. The van der Waals surface area contributed by atoms with Gasteiger partial charge in [0, 0.05) is 5.56 Å². The fourth-order valence-electron chi connectivity index (χ4n) is 2.23. The Bertz CT molecular complexity index is 610. The Morgan fingerprint density at radius 1 is 0.947 bits per heavy atom. The number of carbonyl (C=O) groups is 1. The highest BCUT2D eigenvalue weighted by atomic mass is 16.5. The predicted octanol–water partition coefficient (Wildman–Crippen LogP) is 3.85. The van der Waals surface area contributed by atoms with Crippen LogP contribution in [0, 0.1) is 20.8 Å². The molecule has 0 aliphatic rings. The van der Waals surface area contributed by atoms with Gasteiger partial charge in [-0.2, -0.15) is 0 Å². The molecule has 0 saturated heterocycles. The molecule has 0 aliphatic heterocycles. The van der Waals surface area contributed by atoms with E-state index in [2.05, 4.69) is 0 Å². The summed E-state index contributed by atoms with van der Waals surface area (Å²) in [7, 11) is 1.60. The van der Waals surface area contributed by atoms with Crippen molar-refractivity contribution in [2.24, 2.45) is 0 Å². The molecular weight excluding hydrogens is 236 g/mol. The molecule has 2 rings (SSSR count). The third kappa shape index (κ3) is 2.68. The normalized spacial score (nSPS) is 10.3. The average Bonchev–Trinajstić information content (AvgIpc) is 2.38. The highest BCUT2D eigenvalue weighted by molar-refractivity contribution is 6.11. The Morgan fingerprint density at radius 3 is 2.16 bits per heavy atom. The molecule has 0 N–H and O–H groups in total. The Labute approximate surface area is 114 Å². The fraction of sp³-hybridized carbons (Fsp3) is 0.235. The first-order valence-corrected chi connectivity index (χ1v) is 6.29. The largest absolute Gasteiger partial charge is 0.496 e. The van der Waals surface area contributed by atoms with Gasteiger partial charge in [-0.05, 0) is 38.0 Å². The first-order valence-electron chi connectivity index (χ1n) is 6.29. The Morgan fingerprint density at radius 2 is 1.58 bits per heavy atom. The molecule has 19 heavy (non-hydrogen) atoms. The van der Waals surface area contributed by atoms with Crippen molar-refractivity contribution < 1.29 is 9.53 Å². The number of carbonyl (C=O) groups excluding carboxylic acids is 1. The van der Waals surface area contributed by atoms with Crippen molar-refractivity contribution in [2.75, 3.05) is 7.11 Å². The first-order chi connectivity index (χ1) is 9.02. The molecule has 2 aromatic carbocycles. The van der Waals surface area contributed by atoms with Crippen LogP contribution in [0.15, 0.2) is 36.4 Å². The van der Waals surface area contributed by atoms with Crippen LogP contribution in [0.2, 0.25) is 0 Å². The Balaban J connectivity index is 2.52. The molecule has 0 aromatic heterocycles. The van der Waals surface area contributed by atoms with Crippen LogP contribution < -0.4 is 4.74 Å². The number of ketones is 1. The summed E-state index contributed by atoms with van der Waals surface area (Å²) in [6.07, 6.45) is 0. The Hall–Kier alpha value is -2.09. The summed E-state index contributed by atoms with van der Waals surface area (Å²) in [5.41, 5.74) is 4.52. The fourth-order valence-corrected chi connectivity index (χ4v) is 2.23. The molecule has 2 aromatic rings. The van der Waals surface area contributed by atoms with Crippen molar-refractivity contribution in [3.05, 3.63) is 64.2 Å². The van der Waals surface area contributed by atoms with Crippen LogP contribution >= 0.6 is 0 Å². The molecule has 0 atom stereocenters. The summed E-state index contributed by atoms with van der Waals surface area (Å²) in [5, 5.41) is 0. The lowest BCUT2D eigenvalue weighted by molar-refractivity contribution is 0.103. The summed E-state index contributed by atoms with van der Waals surface area (Å²) < 4.78 is 5.35. The number of hydrogen-bond donors (Lipinski definition) is 0. The van der Waals surface area contributed by atoms with E-state index >= 15 is 0 Å². The summed E-state index contributed by atoms with van der Waals surface area (Å²) in [6, 6.07) is 11.5. The summed E-state index contributed by atoms with van der Waals surface area (Å²) >= 11 is 0. The lowest BCUT2D eigenvalue weighted by Crippen LogP contribution is -2.07. The van der Waals surface area contributed by atoms with Gasteiger partial charge >= 0.3 is 0 Å². The van der Waals surface area contributed by atoms with Gasteiger partial charge in [0.1, 0.15) is 5.75 Å². The zero-order chi connectivity index (χ0) is 14.0. The average molecular weight is 254 g/mol. The highest BCUT2D eigenvalue weighted by Gasteiger charge is 2.17. The van der Waals surface area contributed by atoms with E-state index in [0.717, 1.165) is 16.7 Å². The van der Waals surface area contributed by atoms with Crippen LogP contribution in [-0.2, 0) is 0 Å². The zero-order valence-electron chi connectivity index (χ0n) is 11.8. The first kappa shape index (κ1) is 13.3. The van der Waals surface area contributed by atoms with Gasteiger partial charge in [-0.25, -0.2) is 0 Å². The van der Waals surface area contributed by atoms with Crippen molar-refractivity contribution in [1.29, 1.82) is 0 Å². The molecule has 2 heteroatoms. The monoisotopic (exact) mass is 254 g/mol. The number of hydrogen-bond acceptors (Lipinski definition) is 2. The van der Waals surface area contributed by atoms with E-state index in [1.54, 1.807) is 7.11 Å². The smallest absolute Gasteiger partial charge is 0.197 e. The van der Waals surface area contributed by atoms with Gasteiger partial charge in [-0.3, -0.25) is 4.79 Å². The molecule has 0 bridgehead atoms. The van der Waals surface area contributed by atoms with Crippen LogP contribution in [-0.4, -0.2) is 12.9 Å². The van der Waals surface area contributed by atoms with E-state index in [0.29, 0.717) is 16.9 Å². The minimum atomic E-state index is 0.00866. The van der Waals surface area contributed by atoms with E-state index in [9.17, 15) is 4.79 Å². The van der Waals surface area contributed by atoms with E-state index in [-0.39, 0.29) is 5.78 Å². The van der Waals surface area contributed by atoms with Crippen molar-refractivity contribution in [3.63, 3.8) is 0 Å². The van der Waals surface area contributed by atoms with Crippen LogP contribution in [0.3, 0.4) is 0 Å². The van der Waals surface area contributed by atoms with E-state index in [4.69, 9.17) is 4.74 Å². The molecule has 2 nitrogen and oxygen atoms in total. The van der Waals surface area contributed by atoms with Gasteiger partial charge in [0.15, 0.2) is 5.78 Å². The molecule has 0 radical (unpaired) electrons. The van der Waals surface area contributed by atoms with E-state index < -0.39 is 0 Å². The van der Waals surface area contributed by atoms with Crippen molar-refractivity contribution in [3.8, 4) is 5.75 Å². The number of aryl methyl sites for hydroxylation is 3. The van der Waals surface area contributed by atoms with Crippen LogP contribution in [0.1, 0.15) is 32.6 Å². The molecule has 0 fully saturated rings. The summed E-state index contributed by atoms with van der Waals surface area (Å²) in [5.74, 6) is 0.650. The van der Waals surface area contributed by atoms with Crippen molar-refractivity contribution >= 4 is 5.78 Å². The van der Waals surface area contributed by atoms with E-state index in [1.807, 2.05) is 57.2 Å². The molecule has 0 aliphatic carbocycles. The van der Waals surface area contributed by atoms with Gasteiger partial charge in [0.05, 0.1) is 12.7 Å². The molecule has 0 amide bonds. The van der Waals surface area contributed by atoms with Crippen molar-refractivity contribution in [1.82, 2.24) is 0 Å². The predicted molar refractivity (Wildman–Crippen MR) is 77.1 cm³/mol. The molecule has 0 saturated carbocycles. The highest BCUT2D eigenvalue weighted by Crippen LogP contribution is 2.26. The second-order valence-corrected chi connectivity index (χ2v) is 4.85. The second kappa shape index (κ2) is 5.27. The van der Waals surface area contributed by atoms with Crippen LogP contribution in [0.25, 0.3) is 0 Å². The molecule has 0 spiro atoms. The SMILES string of the molecule is COc1cc(C)cc(C)c1C(=O)c1ccc(C)cc1. The van der Waals surface area contributed by atoms with Crippen molar-refractivity contribution in [2.45, 2.75) is 20.8 Å². The maximum absolute atomic E-state index is 12.6. The maximum Gasteiger partial charge on any atom is 0.197 e. The zero-order valence-corrected chi connectivity index (χ0v) is 11.8. The van der Waals surface area contributed by atoms with Crippen LogP contribution in [0.4, 0.5) is 0 Å². The number of ether oxygens (including phenoxy) is 1. The number of benzene rings is 2. The quantitative estimate of drug-likeness (QED) is 0.778. The third-order valence-electron chi connectivity index (χ3n) is 3.20. The third-order valence-corrected chi connectivity index (χ3v) is 3.20. The van der Waals surface area contributed by atoms with Gasteiger partial charge in [-0.1, -0.05) is 35.9 Å².